The van der Waals surface area contributed by atoms with Gasteiger partial charge < -0.3 is 19.3 Å². The van der Waals surface area contributed by atoms with E-state index in [1.807, 2.05) is 66.1 Å². The third-order valence-corrected chi connectivity index (χ3v) is 5.55. The smallest absolute Gasteiger partial charge is 0.236 e. The first-order chi connectivity index (χ1) is 16.0. The van der Waals surface area contributed by atoms with Crippen molar-refractivity contribution >= 4 is 23.5 Å². The van der Waals surface area contributed by atoms with E-state index in [9.17, 15) is 4.79 Å². The summed E-state index contributed by atoms with van der Waals surface area (Å²) in [5.74, 6) is 2.87. The molecule has 1 amide bonds. The number of methoxy groups -OCH3 is 1. The highest BCUT2D eigenvalue weighted by molar-refractivity contribution is 7.99. The Balaban J connectivity index is 1.54. The first-order valence-corrected chi connectivity index (χ1v) is 11.2. The van der Waals surface area contributed by atoms with Gasteiger partial charge in [-0.25, -0.2) is 0 Å². The lowest BCUT2D eigenvalue weighted by molar-refractivity contribution is -0.113. The largest absolute Gasteiger partial charge is 0.497 e. The van der Waals surface area contributed by atoms with Crippen LogP contribution in [-0.4, -0.2) is 38.7 Å². The average Bonchev–Trinajstić information content (AvgIpc) is 3.44. The van der Waals surface area contributed by atoms with Crippen LogP contribution in [0.2, 0.25) is 0 Å². The van der Waals surface area contributed by atoms with Crippen LogP contribution in [0.1, 0.15) is 24.6 Å². The highest BCUT2D eigenvalue weighted by Gasteiger charge is 2.22. The summed E-state index contributed by atoms with van der Waals surface area (Å²) < 4.78 is 18.3. The molecule has 0 aliphatic carbocycles. The molecular formula is C23H23N5O4S. The number of nitrogens with zero attached hydrogens (tertiary/aromatic N) is 4. The van der Waals surface area contributed by atoms with Crippen molar-refractivity contribution in [2.24, 2.45) is 0 Å². The van der Waals surface area contributed by atoms with Crippen molar-refractivity contribution in [1.82, 2.24) is 19.9 Å². The fourth-order valence-corrected chi connectivity index (χ4v) is 3.88. The summed E-state index contributed by atoms with van der Waals surface area (Å²) in [6.45, 7) is 3.66. The van der Waals surface area contributed by atoms with Gasteiger partial charge in [-0.05, 0) is 38.1 Å². The molecule has 0 fully saturated rings. The summed E-state index contributed by atoms with van der Waals surface area (Å²) in [4.78, 5) is 12.4. The van der Waals surface area contributed by atoms with Crippen molar-refractivity contribution in [3.8, 4) is 17.2 Å². The third-order valence-electron chi connectivity index (χ3n) is 4.62. The van der Waals surface area contributed by atoms with Crippen LogP contribution in [0.5, 0.6) is 11.5 Å². The van der Waals surface area contributed by atoms with Crippen molar-refractivity contribution in [3.05, 3.63) is 72.2 Å². The molecule has 4 rings (SSSR count). The minimum Gasteiger partial charge on any atom is -0.497 e. The van der Waals surface area contributed by atoms with E-state index in [2.05, 4.69) is 20.7 Å². The number of aromatic nitrogens is 4. The Labute approximate surface area is 195 Å². The average molecular weight is 466 g/mol. The molecule has 2 aromatic carbocycles. The lowest BCUT2D eigenvalue weighted by Crippen LogP contribution is -2.15. The Kier molecular flexibility index (Phi) is 6.94. The summed E-state index contributed by atoms with van der Waals surface area (Å²) in [5, 5.41) is 15.8. The fraction of sp³-hybridized carbons (Fsp3) is 0.217. The number of hydrogen-bond donors (Lipinski definition) is 1. The molecule has 4 aromatic rings. The fourth-order valence-electron chi connectivity index (χ4n) is 3.12. The lowest BCUT2D eigenvalue weighted by atomic mass is 10.3. The van der Waals surface area contributed by atoms with Crippen molar-refractivity contribution in [2.75, 3.05) is 18.2 Å². The number of benzene rings is 2. The number of anilines is 1. The van der Waals surface area contributed by atoms with E-state index in [0.717, 1.165) is 5.69 Å². The number of hydrogen-bond acceptors (Lipinski definition) is 8. The first-order valence-electron chi connectivity index (χ1n) is 10.2. The van der Waals surface area contributed by atoms with Gasteiger partial charge in [0, 0.05) is 17.8 Å². The van der Waals surface area contributed by atoms with Gasteiger partial charge in [-0.2, -0.15) is 0 Å². The maximum absolute atomic E-state index is 12.4. The number of carbonyl (C=O) groups is 1. The predicted molar refractivity (Wildman–Crippen MR) is 124 cm³/mol. The minimum absolute atomic E-state index is 0.127. The normalized spacial score (nSPS) is 11.7. The molecule has 0 radical (unpaired) electrons. The molecule has 33 heavy (non-hydrogen) atoms. The van der Waals surface area contributed by atoms with Crippen molar-refractivity contribution in [3.63, 3.8) is 0 Å². The van der Waals surface area contributed by atoms with Gasteiger partial charge in [-0.3, -0.25) is 9.36 Å². The van der Waals surface area contributed by atoms with Gasteiger partial charge in [0.2, 0.25) is 5.91 Å². The number of amides is 1. The Morgan fingerprint density at radius 2 is 1.91 bits per heavy atom. The molecule has 0 saturated heterocycles. The maximum Gasteiger partial charge on any atom is 0.236 e. The van der Waals surface area contributed by atoms with Crippen molar-refractivity contribution < 1.29 is 18.8 Å². The molecule has 0 saturated carbocycles. The van der Waals surface area contributed by atoms with Crippen LogP contribution in [0.4, 0.5) is 5.82 Å². The zero-order valence-electron chi connectivity index (χ0n) is 18.4. The quantitative estimate of drug-likeness (QED) is 0.362. The standard InChI is InChI=1S/C23H23N5O4S/c1-15-12-20(27-32-15)24-21(29)14-33-23-26-25-22(28(23)17-8-5-4-6-9-17)16(2)31-19-11-7-10-18(13-19)30-3/h4-13,16H,14H2,1-3H3,(H,24,27,29). The van der Waals surface area contributed by atoms with Gasteiger partial charge in [-0.1, -0.05) is 41.2 Å². The Morgan fingerprint density at radius 1 is 1.12 bits per heavy atom. The number of nitrogens with one attached hydrogen (secondary N) is 1. The monoisotopic (exact) mass is 465 g/mol. The molecule has 0 spiro atoms. The molecule has 0 bridgehead atoms. The van der Waals surface area contributed by atoms with E-state index in [-0.39, 0.29) is 11.7 Å². The Hall–Kier alpha value is -3.79. The van der Waals surface area contributed by atoms with Gasteiger partial charge in [-0.15, -0.1) is 10.2 Å². The number of thioether (sulfide) groups is 1. The number of aryl methyl sites for hydroxylation is 1. The highest BCUT2D eigenvalue weighted by atomic mass is 32.2. The van der Waals surface area contributed by atoms with E-state index in [4.69, 9.17) is 14.0 Å². The molecule has 1 N–H and O–H groups in total. The van der Waals surface area contributed by atoms with Gasteiger partial charge in [0.15, 0.2) is 22.9 Å². The summed E-state index contributed by atoms with van der Waals surface area (Å²) >= 11 is 1.27. The number of rotatable bonds is 9. The molecule has 1 unspecified atom stereocenters. The van der Waals surface area contributed by atoms with Crippen LogP contribution < -0.4 is 14.8 Å². The molecule has 170 valence electrons. The third kappa shape index (κ3) is 5.53. The van der Waals surface area contributed by atoms with E-state index in [0.29, 0.717) is 34.1 Å². The Morgan fingerprint density at radius 3 is 2.64 bits per heavy atom. The summed E-state index contributed by atoms with van der Waals surface area (Å²) in [5.41, 5.74) is 0.869. The van der Waals surface area contributed by atoms with E-state index < -0.39 is 6.10 Å². The van der Waals surface area contributed by atoms with Crippen LogP contribution >= 0.6 is 11.8 Å². The van der Waals surface area contributed by atoms with Gasteiger partial charge in [0.1, 0.15) is 17.3 Å². The zero-order valence-corrected chi connectivity index (χ0v) is 19.2. The molecule has 1 atom stereocenters. The highest BCUT2D eigenvalue weighted by Crippen LogP contribution is 2.29. The molecular weight excluding hydrogens is 442 g/mol. The number of ether oxygens (including phenoxy) is 2. The second-order valence-corrected chi connectivity index (χ2v) is 8.05. The zero-order chi connectivity index (χ0) is 23.2. The molecule has 2 aromatic heterocycles. The van der Waals surface area contributed by atoms with E-state index >= 15 is 0 Å². The van der Waals surface area contributed by atoms with Gasteiger partial charge in [0.05, 0.1) is 12.9 Å². The lowest BCUT2D eigenvalue weighted by Gasteiger charge is -2.17. The second kappa shape index (κ2) is 10.2. The second-order valence-electron chi connectivity index (χ2n) is 7.11. The molecule has 0 aliphatic heterocycles. The van der Waals surface area contributed by atoms with Crippen LogP contribution in [0.15, 0.2) is 70.3 Å². The molecule has 9 nitrogen and oxygen atoms in total. The molecule has 2 heterocycles. The molecule has 10 heteroatoms. The van der Waals surface area contributed by atoms with E-state index in [1.165, 1.54) is 11.8 Å². The minimum atomic E-state index is -0.411. The Bertz CT molecular complexity index is 1220. The molecule has 0 aliphatic rings. The van der Waals surface area contributed by atoms with Crippen LogP contribution in [-0.2, 0) is 4.79 Å². The summed E-state index contributed by atoms with van der Waals surface area (Å²) in [6, 6.07) is 18.7. The van der Waals surface area contributed by atoms with Crippen molar-refractivity contribution in [2.45, 2.75) is 25.1 Å². The summed E-state index contributed by atoms with van der Waals surface area (Å²) in [6.07, 6.45) is -0.411. The van der Waals surface area contributed by atoms with E-state index in [1.54, 1.807) is 20.1 Å². The van der Waals surface area contributed by atoms with Gasteiger partial charge in [0.25, 0.3) is 0 Å². The maximum atomic E-state index is 12.4. The number of carbonyl (C=O) groups excluding carboxylic acids is 1. The van der Waals surface area contributed by atoms with Crippen LogP contribution in [0.25, 0.3) is 5.69 Å². The van der Waals surface area contributed by atoms with Crippen LogP contribution in [0.3, 0.4) is 0 Å². The predicted octanol–water partition coefficient (Wildman–Crippen LogP) is 4.44. The van der Waals surface area contributed by atoms with Crippen LogP contribution in [0, 0.1) is 6.92 Å². The SMILES string of the molecule is COc1cccc(OC(C)c2nnc(SCC(=O)Nc3cc(C)on3)n2-c2ccccc2)c1. The van der Waals surface area contributed by atoms with Crippen molar-refractivity contribution in [1.29, 1.82) is 0 Å². The summed E-state index contributed by atoms with van der Waals surface area (Å²) in [7, 11) is 1.61. The van der Waals surface area contributed by atoms with Gasteiger partial charge >= 0.3 is 0 Å². The topological polar surface area (TPSA) is 104 Å². The first kappa shape index (κ1) is 22.4. The number of para-hydroxylation sites is 1.